The Morgan fingerprint density at radius 2 is 1.78 bits per heavy atom. The summed E-state index contributed by atoms with van der Waals surface area (Å²) in [7, 11) is 0. The Balaban J connectivity index is 2.26. The number of hydrogen-bond donors (Lipinski definition) is 1. The average molecular weight is 253 g/mol. The fourth-order valence-electron chi connectivity index (χ4n) is 1.44. The highest BCUT2D eigenvalue weighted by molar-refractivity contribution is 5.39. The molecule has 0 saturated heterocycles. The summed E-state index contributed by atoms with van der Waals surface area (Å²) in [5, 5.41) is 0. The van der Waals surface area contributed by atoms with Gasteiger partial charge >= 0.3 is 0 Å². The van der Waals surface area contributed by atoms with Crippen LogP contribution in [0.1, 0.15) is 20.3 Å². The van der Waals surface area contributed by atoms with Gasteiger partial charge in [0, 0.05) is 13.0 Å². The van der Waals surface area contributed by atoms with Crippen LogP contribution >= 0.6 is 0 Å². The standard InChI is InChI=1S/C14H23NO3/c1-3-16-13-7-4-5-8-14(13)18-10-6-9-17-12(2)11-15/h4-5,7-8,12H,3,6,9-11,15H2,1-2H3. The summed E-state index contributed by atoms with van der Waals surface area (Å²) in [6, 6.07) is 7.69. The van der Waals surface area contributed by atoms with Crippen molar-refractivity contribution in [3.63, 3.8) is 0 Å². The zero-order valence-corrected chi connectivity index (χ0v) is 11.2. The van der Waals surface area contributed by atoms with E-state index in [0.717, 1.165) is 17.9 Å². The summed E-state index contributed by atoms with van der Waals surface area (Å²) in [4.78, 5) is 0. The Morgan fingerprint density at radius 3 is 2.39 bits per heavy atom. The molecule has 0 aliphatic heterocycles. The van der Waals surface area contributed by atoms with Gasteiger partial charge in [0.25, 0.3) is 0 Å². The molecule has 0 fully saturated rings. The highest BCUT2D eigenvalue weighted by Gasteiger charge is 2.03. The van der Waals surface area contributed by atoms with Crippen LogP contribution in [0.3, 0.4) is 0 Å². The molecular formula is C14H23NO3. The lowest BCUT2D eigenvalue weighted by Crippen LogP contribution is -2.21. The maximum absolute atomic E-state index is 5.67. The SMILES string of the molecule is CCOc1ccccc1OCCCOC(C)CN. The van der Waals surface area contributed by atoms with Gasteiger partial charge in [0.2, 0.25) is 0 Å². The van der Waals surface area contributed by atoms with Crippen LogP contribution in [-0.4, -0.2) is 32.5 Å². The highest BCUT2D eigenvalue weighted by atomic mass is 16.5. The average Bonchev–Trinajstić information content (AvgIpc) is 2.40. The summed E-state index contributed by atoms with van der Waals surface area (Å²) in [5.74, 6) is 1.57. The Kier molecular flexibility index (Phi) is 7.22. The quantitative estimate of drug-likeness (QED) is 0.686. The summed E-state index contributed by atoms with van der Waals surface area (Å²) in [5.41, 5.74) is 5.46. The monoisotopic (exact) mass is 253 g/mol. The van der Waals surface area contributed by atoms with E-state index in [1.54, 1.807) is 0 Å². The van der Waals surface area contributed by atoms with Crippen LogP contribution in [-0.2, 0) is 4.74 Å². The van der Waals surface area contributed by atoms with Crippen molar-refractivity contribution in [3.05, 3.63) is 24.3 Å². The van der Waals surface area contributed by atoms with E-state index >= 15 is 0 Å². The van der Waals surface area contributed by atoms with Crippen molar-refractivity contribution in [2.24, 2.45) is 5.73 Å². The molecule has 1 rings (SSSR count). The molecule has 0 spiro atoms. The normalized spacial score (nSPS) is 12.2. The summed E-state index contributed by atoms with van der Waals surface area (Å²) in [6.45, 7) is 6.38. The second-order valence-corrected chi connectivity index (χ2v) is 4.00. The molecule has 0 bridgehead atoms. The van der Waals surface area contributed by atoms with Crippen molar-refractivity contribution in [1.29, 1.82) is 0 Å². The summed E-state index contributed by atoms with van der Waals surface area (Å²) < 4.78 is 16.6. The van der Waals surface area contributed by atoms with Crippen LogP contribution in [0.2, 0.25) is 0 Å². The van der Waals surface area contributed by atoms with Crippen LogP contribution < -0.4 is 15.2 Å². The molecule has 0 heterocycles. The predicted molar refractivity (Wildman–Crippen MR) is 72.2 cm³/mol. The minimum atomic E-state index is 0.112. The number of hydrogen-bond acceptors (Lipinski definition) is 4. The van der Waals surface area contributed by atoms with E-state index in [4.69, 9.17) is 19.9 Å². The van der Waals surface area contributed by atoms with E-state index in [2.05, 4.69) is 0 Å². The van der Waals surface area contributed by atoms with Crippen LogP contribution in [0.5, 0.6) is 11.5 Å². The molecule has 0 radical (unpaired) electrons. The number of ether oxygens (including phenoxy) is 3. The van der Waals surface area contributed by atoms with Crippen molar-refractivity contribution >= 4 is 0 Å². The Bertz CT molecular complexity index is 331. The molecule has 0 saturated carbocycles. The van der Waals surface area contributed by atoms with Crippen LogP contribution in [0.4, 0.5) is 0 Å². The topological polar surface area (TPSA) is 53.7 Å². The maximum Gasteiger partial charge on any atom is 0.161 e. The smallest absolute Gasteiger partial charge is 0.161 e. The van der Waals surface area contributed by atoms with Crippen molar-refractivity contribution in [1.82, 2.24) is 0 Å². The first-order valence-corrected chi connectivity index (χ1v) is 6.44. The third-order valence-corrected chi connectivity index (χ3v) is 2.43. The maximum atomic E-state index is 5.67. The van der Waals surface area contributed by atoms with Crippen molar-refractivity contribution < 1.29 is 14.2 Å². The number of rotatable bonds is 9. The van der Waals surface area contributed by atoms with Gasteiger partial charge in [0.15, 0.2) is 11.5 Å². The highest BCUT2D eigenvalue weighted by Crippen LogP contribution is 2.26. The van der Waals surface area contributed by atoms with Gasteiger partial charge in [-0.05, 0) is 26.0 Å². The van der Waals surface area contributed by atoms with Gasteiger partial charge in [-0.25, -0.2) is 0 Å². The van der Waals surface area contributed by atoms with E-state index in [0.29, 0.717) is 26.4 Å². The second kappa shape index (κ2) is 8.78. The van der Waals surface area contributed by atoms with Gasteiger partial charge < -0.3 is 19.9 Å². The Labute approximate surface area is 109 Å². The molecule has 0 aliphatic carbocycles. The first kappa shape index (κ1) is 14.8. The van der Waals surface area contributed by atoms with E-state index in [-0.39, 0.29) is 6.10 Å². The van der Waals surface area contributed by atoms with Crippen molar-refractivity contribution in [2.75, 3.05) is 26.4 Å². The van der Waals surface area contributed by atoms with Gasteiger partial charge in [-0.2, -0.15) is 0 Å². The molecule has 0 amide bonds. The zero-order valence-electron chi connectivity index (χ0n) is 11.2. The van der Waals surface area contributed by atoms with E-state index < -0.39 is 0 Å². The van der Waals surface area contributed by atoms with Gasteiger partial charge in [-0.3, -0.25) is 0 Å². The molecule has 0 aliphatic rings. The lowest BCUT2D eigenvalue weighted by atomic mass is 10.3. The van der Waals surface area contributed by atoms with Gasteiger partial charge in [0.05, 0.1) is 25.9 Å². The van der Waals surface area contributed by atoms with Crippen LogP contribution in [0, 0.1) is 0 Å². The van der Waals surface area contributed by atoms with Crippen molar-refractivity contribution in [3.8, 4) is 11.5 Å². The van der Waals surface area contributed by atoms with Gasteiger partial charge in [-0.15, -0.1) is 0 Å². The molecule has 2 N–H and O–H groups in total. The molecular weight excluding hydrogens is 230 g/mol. The van der Waals surface area contributed by atoms with Gasteiger partial charge in [0.1, 0.15) is 0 Å². The van der Waals surface area contributed by atoms with Crippen LogP contribution in [0.15, 0.2) is 24.3 Å². The first-order valence-electron chi connectivity index (χ1n) is 6.44. The lowest BCUT2D eigenvalue weighted by molar-refractivity contribution is 0.0628. The van der Waals surface area contributed by atoms with Crippen molar-refractivity contribution in [2.45, 2.75) is 26.4 Å². The molecule has 4 nitrogen and oxygen atoms in total. The largest absolute Gasteiger partial charge is 0.490 e. The minimum Gasteiger partial charge on any atom is -0.490 e. The molecule has 18 heavy (non-hydrogen) atoms. The molecule has 1 aromatic carbocycles. The fraction of sp³-hybridized carbons (Fsp3) is 0.571. The first-order chi connectivity index (χ1) is 8.77. The predicted octanol–water partition coefficient (Wildman–Crippen LogP) is 2.22. The Hall–Kier alpha value is -1.26. The number of para-hydroxylation sites is 2. The van der Waals surface area contributed by atoms with Crippen LogP contribution in [0.25, 0.3) is 0 Å². The van der Waals surface area contributed by atoms with E-state index in [1.165, 1.54) is 0 Å². The summed E-state index contributed by atoms with van der Waals surface area (Å²) in [6.07, 6.45) is 0.950. The van der Waals surface area contributed by atoms with E-state index in [9.17, 15) is 0 Å². The molecule has 1 aromatic rings. The third kappa shape index (κ3) is 5.38. The zero-order chi connectivity index (χ0) is 13.2. The molecule has 1 atom stereocenters. The second-order valence-electron chi connectivity index (χ2n) is 4.00. The molecule has 102 valence electrons. The summed E-state index contributed by atoms with van der Waals surface area (Å²) >= 11 is 0. The Morgan fingerprint density at radius 1 is 1.11 bits per heavy atom. The minimum absolute atomic E-state index is 0.112. The molecule has 4 heteroatoms. The number of nitrogens with two attached hydrogens (primary N) is 1. The molecule has 0 aromatic heterocycles. The number of benzene rings is 1. The van der Waals surface area contributed by atoms with Gasteiger partial charge in [-0.1, -0.05) is 12.1 Å². The molecule has 1 unspecified atom stereocenters. The third-order valence-electron chi connectivity index (χ3n) is 2.43. The fourth-order valence-corrected chi connectivity index (χ4v) is 1.44. The van der Waals surface area contributed by atoms with E-state index in [1.807, 2.05) is 38.1 Å². The lowest BCUT2D eigenvalue weighted by Gasteiger charge is -2.13.